The number of morpholine rings is 1. The minimum absolute atomic E-state index is 0.262. The highest BCUT2D eigenvalue weighted by Crippen LogP contribution is 2.24. The molecule has 0 aliphatic carbocycles. The van der Waals surface area contributed by atoms with Crippen molar-refractivity contribution in [1.29, 1.82) is 0 Å². The molecule has 0 radical (unpaired) electrons. The number of benzene rings is 1. The summed E-state index contributed by atoms with van der Waals surface area (Å²) in [6.45, 7) is 6.30. The molecule has 0 bridgehead atoms. The molecule has 3 aromatic rings. The number of nitrogens with one attached hydrogen (secondary N) is 2. The van der Waals surface area contributed by atoms with E-state index >= 15 is 0 Å². The number of hydrogen-bond acceptors (Lipinski definition) is 6. The fraction of sp³-hybridized carbons (Fsp3) is 0.389. The van der Waals surface area contributed by atoms with Crippen molar-refractivity contribution in [2.24, 2.45) is 0 Å². The Kier molecular flexibility index (Phi) is 4.58. The van der Waals surface area contributed by atoms with Crippen LogP contribution in [0.5, 0.6) is 0 Å². The quantitative estimate of drug-likeness (QED) is 0.742. The van der Waals surface area contributed by atoms with E-state index in [1.807, 2.05) is 0 Å². The van der Waals surface area contributed by atoms with Gasteiger partial charge in [0.1, 0.15) is 11.8 Å². The maximum absolute atomic E-state index is 5.52. The Morgan fingerprint density at radius 2 is 1.96 bits per heavy atom. The third kappa shape index (κ3) is 3.47. The zero-order valence-electron chi connectivity index (χ0n) is 14.3. The molecule has 7 nitrogen and oxygen atoms in total. The third-order valence-corrected chi connectivity index (χ3v) is 4.63. The summed E-state index contributed by atoms with van der Waals surface area (Å²) in [5.74, 6) is 0.785. The van der Waals surface area contributed by atoms with E-state index in [2.05, 4.69) is 61.3 Å². The van der Waals surface area contributed by atoms with E-state index in [1.54, 1.807) is 12.7 Å². The lowest BCUT2D eigenvalue weighted by atomic mass is 10.0. The minimum Gasteiger partial charge on any atom is -0.379 e. The fourth-order valence-electron chi connectivity index (χ4n) is 3.23. The first-order valence-electron chi connectivity index (χ1n) is 8.57. The van der Waals surface area contributed by atoms with E-state index in [-0.39, 0.29) is 6.04 Å². The number of anilines is 1. The molecule has 2 N–H and O–H groups in total. The molecule has 3 heterocycles. The Labute approximate surface area is 146 Å². The molecular weight excluding hydrogens is 316 g/mol. The average molecular weight is 338 g/mol. The normalized spacial score (nSPS) is 16.8. The van der Waals surface area contributed by atoms with E-state index in [9.17, 15) is 0 Å². The van der Waals surface area contributed by atoms with Crippen LogP contribution in [0.15, 0.2) is 36.9 Å². The fourth-order valence-corrected chi connectivity index (χ4v) is 3.23. The van der Waals surface area contributed by atoms with Crippen molar-refractivity contribution >= 4 is 17.0 Å². The molecule has 1 saturated heterocycles. The highest BCUT2D eigenvalue weighted by molar-refractivity contribution is 5.81. The molecule has 1 aromatic carbocycles. The standard InChI is InChI=1S/C18H22N6O/c1-13-2-4-14(5-3-13)15(24-6-8-25-9-7-24)10-19-17-16-18(21-11-20-16)23-12-22-17/h2-5,11-12,15H,6-10H2,1H3,(H2,19,20,21,22,23)/t15-/m1/s1. The van der Waals surface area contributed by atoms with Gasteiger partial charge in [0.05, 0.1) is 25.6 Å². The van der Waals surface area contributed by atoms with E-state index in [4.69, 9.17) is 4.74 Å². The van der Waals surface area contributed by atoms with Gasteiger partial charge in [-0.3, -0.25) is 4.90 Å². The van der Waals surface area contributed by atoms with Crippen LogP contribution >= 0.6 is 0 Å². The van der Waals surface area contributed by atoms with Gasteiger partial charge in [0.2, 0.25) is 0 Å². The maximum atomic E-state index is 5.52. The zero-order chi connectivity index (χ0) is 17.1. The Morgan fingerprint density at radius 1 is 1.16 bits per heavy atom. The number of rotatable bonds is 5. The first-order valence-corrected chi connectivity index (χ1v) is 8.57. The molecule has 1 aliphatic heterocycles. The summed E-state index contributed by atoms with van der Waals surface area (Å²) in [5, 5.41) is 3.48. The maximum Gasteiger partial charge on any atom is 0.182 e. The monoisotopic (exact) mass is 338 g/mol. The molecule has 1 aliphatic rings. The summed E-state index contributed by atoms with van der Waals surface area (Å²) >= 11 is 0. The number of H-pyrrole nitrogens is 1. The second-order valence-corrected chi connectivity index (χ2v) is 6.28. The second-order valence-electron chi connectivity index (χ2n) is 6.28. The van der Waals surface area contributed by atoms with Crippen LogP contribution in [-0.4, -0.2) is 57.7 Å². The van der Waals surface area contributed by atoms with E-state index in [0.29, 0.717) is 5.65 Å². The van der Waals surface area contributed by atoms with Gasteiger partial charge in [0.25, 0.3) is 0 Å². The molecule has 1 atom stereocenters. The van der Waals surface area contributed by atoms with Crippen molar-refractivity contribution < 1.29 is 4.74 Å². The summed E-state index contributed by atoms with van der Waals surface area (Å²) in [7, 11) is 0. The highest BCUT2D eigenvalue weighted by Gasteiger charge is 2.23. The Bertz CT molecular complexity index is 825. The number of nitrogens with zero attached hydrogens (tertiary/aromatic N) is 4. The number of fused-ring (bicyclic) bond motifs is 1. The van der Waals surface area contributed by atoms with Crippen molar-refractivity contribution in [2.75, 3.05) is 38.2 Å². The first-order chi connectivity index (χ1) is 12.3. The van der Waals surface area contributed by atoms with Gasteiger partial charge in [-0.2, -0.15) is 0 Å². The van der Waals surface area contributed by atoms with E-state index in [1.165, 1.54) is 11.1 Å². The molecule has 0 amide bonds. The molecule has 0 spiro atoms. The molecule has 1 fully saturated rings. The number of aromatic amines is 1. The Morgan fingerprint density at radius 3 is 2.76 bits per heavy atom. The molecule has 0 saturated carbocycles. The van der Waals surface area contributed by atoms with Gasteiger partial charge in [0.15, 0.2) is 11.5 Å². The highest BCUT2D eigenvalue weighted by atomic mass is 16.5. The van der Waals surface area contributed by atoms with Gasteiger partial charge in [-0.25, -0.2) is 15.0 Å². The number of ether oxygens (including phenoxy) is 1. The Balaban J connectivity index is 1.57. The van der Waals surface area contributed by atoms with Crippen LogP contribution in [0.1, 0.15) is 17.2 Å². The summed E-state index contributed by atoms with van der Waals surface area (Å²) in [5.41, 5.74) is 4.09. The van der Waals surface area contributed by atoms with Crippen molar-refractivity contribution in [3.8, 4) is 0 Å². The smallest absolute Gasteiger partial charge is 0.182 e. The largest absolute Gasteiger partial charge is 0.379 e. The lowest BCUT2D eigenvalue weighted by Gasteiger charge is -2.35. The molecular formula is C18H22N6O. The molecule has 7 heteroatoms. The van der Waals surface area contributed by atoms with Crippen molar-refractivity contribution in [3.63, 3.8) is 0 Å². The molecule has 0 unspecified atom stereocenters. The van der Waals surface area contributed by atoms with Gasteiger partial charge in [-0.15, -0.1) is 0 Å². The summed E-state index contributed by atoms with van der Waals surface area (Å²) < 4.78 is 5.52. The molecule has 2 aromatic heterocycles. The van der Waals surface area contributed by atoms with Gasteiger partial charge < -0.3 is 15.0 Å². The number of hydrogen-bond donors (Lipinski definition) is 2. The van der Waals surface area contributed by atoms with E-state index < -0.39 is 0 Å². The van der Waals surface area contributed by atoms with Crippen LogP contribution in [0.4, 0.5) is 5.82 Å². The van der Waals surface area contributed by atoms with Gasteiger partial charge in [-0.05, 0) is 12.5 Å². The summed E-state index contributed by atoms with van der Waals surface area (Å²) in [4.78, 5) is 18.3. The lowest BCUT2D eigenvalue weighted by molar-refractivity contribution is 0.0187. The first kappa shape index (κ1) is 16.0. The van der Waals surface area contributed by atoms with Crippen molar-refractivity contribution in [2.45, 2.75) is 13.0 Å². The molecule has 25 heavy (non-hydrogen) atoms. The molecule has 130 valence electrons. The van der Waals surface area contributed by atoms with Crippen LogP contribution in [0.25, 0.3) is 11.2 Å². The van der Waals surface area contributed by atoms with Crippen molar-refractivity contribution in [3.05, 3.63) is 48.0 Å². The van der Waals surface area contributed by atoms with Crippen LogP contribution in [0.2, 0.25) is 0 Å². The number of aromatic nitrogens is 4. The SMILES string of the molecule is Cc1ccc([C@@H](CNc2ncnc3nc[nH]c23)N2CCOCC2)cc1. The lowest BCUT2D eigenvalue weighted by Crippen LogP contribution is -2.41. The second kappa shape index (κ2) is 7.16. The predicted molar refractivity (Wildman–Crippen MR) is 96.5 cm³/mol. The van der Waals surface area contributed by atoms with Gasteiger partial charge >= 0.3 is 0 Å². The Hall–Kier alpha value is -2.51. The predicted octanol–water partition coefficient (Wildman–Crippen LogP) is 2.15. The average Bonchev–Trinajstić information content (AvgIpc) is 3.14. The van der Waals surface area contributed by atoms with Crippen molar-refractivity contribution in [1.82, 2.24) is 24.8 Å². The van der Waals surface area contributed by atoms with Gasteiger partial charge in [0, 0.05) is 19.6 Å². The molecule has 4 rings (SSSR count). The van der Waals surface area contributed by atoms with Crippen LogP contribution in [-0.2, 0) is 4.74 Å². The number of aryl methyl sites for hydroxylation is 1. The zero-order valence-corrected chi connectivity index (χ0v) is 14.3. The van der Waals surface area contributed by atoms with Crippen LogP contribution in [0, 0.1) is 6.92 Å². The van der Waals surface area contributed by atoms with E-state index in [0.717, 1.165) is 44.2 Å². The summed E-state index contributed by atoms with van der Waals surface area (Å²) in [6, 6.07) is 9.02. The van der Waals surface area contributed by atoms with Crippen LogP contribution in [0.3, 0.4) is 0 Å². The third-order valence-electron chi connectivity index (χ3n) is 4.63. The minimum atomic E-state index is 0.262. The number of imidazole rings is 1. The topological polar surface area (TPSA) is 79.0 Å². The summed E-state index contributed by atoms with van der Waals surface area (Å²) in [6.07, 6.45) is 3.19. The van der Waals surface area contributed by atoms with Gasteiger partial charge in [-0.1, -0.05) is 29.8 Å². The van der Waals surface area contributed by atoms with Crippen LogP contribution < -0.4 is 5.32 Å².